The number of aliphatic carboxylic acids is 3. The van der Waals surface area contributed by atoms with Gasteiger partial charge in [0, 0.05) is 6.42 Å². The second kappa shape index (κ2) is 12.6. The van der Waals surface area contributed by atoms with E-state index >= 15 is 0 Å². The number of nitrogens with one attached hydrogen (secondary N) is 3. The van der Waals surface area contributed by atoms with Crippen LogP contribution in [0.4, 0.5) is 0 Å². The number of carboxylic acids is 3. The Kier molecular flexibility index (Phi) is 10.3. The zero-order chi connectivity index (χ0) is 24.3. The molecule has 13 nitrogen and oxygen atoms in total. The van der Waals surface area contributed by atoms with Crippen LogP contribution in [0, 0.1) is 0 Å². The molecule has 3 unspecified atom stereocenters. The topological polar surface area (TPSA) is 225 Å². The molecule has 0 fully saturated rings. The van der Waals surface area contributed by atoms with Crippen LogP contribution < -0.4 is 21.7 Å². The predicted octanol–water partition coefficient (Wildman–Crippen LogP) is -2.32. The van der Waals surface area contributed by atoms with E-state index in [2.05, 4.69) is 16.0 Å². The highest BCUT2D eigenvalue weighted by Crippen LogP contribution is 2.05. The van der Waals surface area contributed by atoms with E-state index in [1.165, 1.54) is 0 Å². The number of hydrogen-bond acceptors (Lipinski definition) is 7. The Labute approximate surface area is 182 Å². The second-order valence-electron chi connectivity index (χ2n) is 6.73. The Bertz CT molecular complexity index is 860. The zero-order valence-electron chi connectivity index (χ0n) is 16.8. The Morgan fingerprint density at radius 1 is 0.750 bits per heavy atom. The summed E-state index contributed by atoms with van der Waals surface area (Å²) in [6.07, 6.45) is -1.67. The Hall–Kier alpha value is -4.00. The van der Waals surface area contributed by atoms with E-state index in [-0.39, 0.29) is 6.42 Å². The number of benzene rings is 1. The molecular weight excluding hydrogens is 428 g/mol. The van der Waals surface area contributed by atoms with Crippen molar-refractivity contribution in [2.45, 2.75) is 37.4 Å². The molecule has 32 heavy (non-hydrogen) atoms. The SMILES string of the molecule is NC(CC(=O)O)C(=O)NC(CC(=O)O)C(=O)NC(Cc1ccccc1)C(=O)NCC(=O)O. The number of carboxylic acid groups (broad SMARTS) is 3. The van der Waals surface area contributed by atoms with Gasteiger partial charge in [-0.2, -0.15) is 0 Å². The van der Waals surface area contributed by atoms with Crippen LogP contribution in [-0.4, -0.2) is 75.6 Å². The number of nitrogens with two attached hydrogens (primary N) is 1. The monoisotopic (exact) mass is 452 g/mol. The molecule has 0 heterocycles. The number of hydrogen-bond donors (Lipinski definition) is 7. The maximum atomic E-state index is 12.7. The van der Waals surface area contributed by atoms with Crippen molar-refractivity contribution in [1.29, 1.82) is 0 Å². The van der Waals surface area contributed by atoms with E-state index in [0.29, 0.717) is 5.56 Å². The lowest BCUT2D eigenvalue weighted by Gasteiger charge is -2.23. The summed E-state index contributed by atoms with van der Waals surface area (Å²) in [6, 6.07) is 3.92. The van der Waals surface area contributed by atoms with Crippen LogP contribution in [0.3, 0.4) is 0 Å². The van der Waals surface area contributed by atoms with Gasteiger partial charge in [0.15, 0.2) is 0 Å². The van der Waals surface area contributed by atoms with Gasteiger partial charge < -0.3 is 37.0 Å². The summed E-state index contributed by atoms with van der Waals surface area (Å²) in [7, 11) is 0. The lowest BCUT2D eigenvalue weighted by Crippen LogP contribution is -2.57. The van der Waals surface area contributed by atoms with Gasteiger partial charge in [0.2, 0.25) is 17.7 Å². The van der Waals surface area contributed by atoms with Crippen LogP contribution in [0.1, 0.15) is 18.4 Å². The van der Waals surface area contributed by atoms with Gasteiger partial charge in [0.05, 0.1) is 18.9 Å². The van der Waals surface area contributed by atoms with Crippen molar-refractivity contribution in [1.82, 2.24) is 16.0 Å². The molecule has 8 N–H and O–H groups in total. The number of carbonyl (C=O) groups is 6. The van der Waals surface area contributed by atoms with Crippen molar-refractivity contribution in [2.75, 3.05) is 6.54 Å². The molecule has 0 radical (unpaired) electrons. The predicted molar refractivity (Wildman–Crippen MR) is 107 cm³/mol. The maximum Gasteiger partial charge on any atom is 0.322 e. The lowest BCUT2D eigenvalue weighted by atomic mass is 10.0. The molecule has 1 rings (SSSR count). The van der Waals surface area contributed by atoms with E-state index in [1.807, 2.05) is 0 Å². The highest BCUT2D eigenvalue weighted by molar-refractivity contribution is 5.96. The first-order chi connectivity index (χ1) is 15.0. The van der Waals surface area contributed by atoms with Crippen molar-refractivity contribution in [3.63, 3.8) is 0 Å². The van der Waals surface area contributed by atoms with Crippen LogP contribution in [0.5, 0.6) is 0 Å². The van der Waals surface area contributed by atoms with E-state index in [1.54, 1.807) is 30.3 Å². The summed E-state index contributed by atoms with van der Waals surface area (Å²) in [4.78, 5) is 69.7. The van der Waals surface area contributed by atoms with Crippen LogP contribution in [0.25, 0.3) is 0 Å². The summed E-state index contributed by atoms with van der Waals surface area (Å²) < 4.78 is 0. The van der Waals surface area contributed by atoms with Crippen LogP contribution >= 0.6 is 0 Å². The molecule has 0 spiro atoms. The first kappa shape index (κ1) is 26.0. The molecule has 0 aromatic heterocycles. The molecule has 0 aliphatic carbocycles. The normalized spacial score (nSPS) is 13.2. The van der Waals surface area contributed by atoms with Crippen molar-refractivity contribution in [2.24, 2.45) is 5.73 Å². The summed E-state index contributed by atoms with van der Waals surface area (Å²) >= 11 is 0. The summed E-state index contributed by atoms with van der Waals surface area (Å²) in [6.45, 7) is -0.709. The molecule has 1 aromatic rings. The number of carbonyl (C=O) groups excluding carboxylic acids is 3. The van der Waals surface area contributed by atoms with Gasteiger partial charge in [-0.25, -0.2) is 0 Å². The zero-order valence-corrected chi connectivity index (χ0v) is 16.8. The third-order valence-corrected chi connectivity index (χ3v) is 4.07. The number of amides is 3. The minimum atomic E-state index is -1.66. The molecule has 174 valence electrons. The Balaban J connectivity index is 3.00. The Morgan fingerprint density at radius 3 is 1.84 bits per heavy atom. The molecule has 1 aromatic carbocycles. The van der Waals surface area contributed by atoms with Gasteiger partial charge in [-0.3, -0.25) is 28.8 Å². The van der Waals surface area contributed by atoms with Crippen LogP contribution in [0.15, 0.2) is 30.3 Å². The smallest absolute Gasteiger partial charge is 0.322 e. The minimum Gasteiger partial charge on any atom is -0.481 e. The quantitative estimate of drug-likeness (QED) is 0.169. The van der Waals surface area contributed by atoms with Gasteiger partial charge in [-0.05, 0) is 5.56 Å². The van der Waals surface area contributed by atoms with Gasteiger partial charge >= 0.3 is 17.9 Å². The molecule has 13 heteroatoms. The van der Waals surface area contributed by atoms with E-state index in [0.717, 1.165) is 0 Å². The van der Waals surface area contributed by atoms with E-state index < -0.39 is 73.1 Å². The standard InChI is InChI=1S/C19H24N4O9/c20-11(7-14(24)25)17(30)22-13(8-15(26)27)19(32)23-12(18(31)21-9-16(28)29)6-10-4-2-1-3-5-10/h1-5,11-13H,6-9,20H2,(H,21,31)(H,22,30)(H,23,32)(H,24,25)(H,26,27)(H,28,29). The molecule has 3 amide bonds. The Morgan fingerprint density at radius 2 is 1.31 bits per heavy atom. The van der Waals surface area contributed by atoms with Crippen molar-refractivity contribution in [3.05, 3.63) is 35.9 Å². The second-order valence-corrected chi connectivity index (χ2v) is 6.73. The van der Waals surface area contributed by atoms with E-state index in [9.17, 15) is 28.8 Å². The summed E-state index contributed by atoms with van der Waals surface area (Å²) in [5.41, 5.74) is 6.04. The first-order valence-corrected chi connectivity index (χ1v) is 9.33. The molecular formula is C19H24N4O9. The third kappa shape index (κ3) is 9.67. The van der Waals surface area contributed by atoms with Crippen molar-refractivity contribution < 1.29 is 44.1 Å². The molecule has 0 bridgehead atoms. The summed E-state index contributed by atoms with van der Waals surface area (Å²) in [5.74, 6) is -7.09. The molecule has 0 aliphatic rings. The first-order valence-electron chi connectivity index (χ1n) is 9.33. The van der Waals surface area contributed by atoms with Gasteiger partial charge in [-0.15, -0.1) is 0 Å². The van der Waals surface area contributed by atoms with Crippen LogP contribution in [-0.2, 0) is 35.2 Å². The lowest BCUT2D eigenvalue weighted by molar-refractivity contribution is -0.142. The molecule has 3 atom stereocenters. The average molecular weight is 452 g/mol. The van der Waals surface area contributed by atoms with E-state index in [4.69, 9.17) is 21.1 Å². The number of rotatable bonds is 13. The van der Waals surface area contributed by atoms with Gasteiger partial charge in [0.1, 0.15) is 18.6 Å². The fraction of sp³-hybridized carbons (Fsp3) is 0.368. The van der Waals surface area contributed by atoms with Crippen LogP contribution in [0.2, 0.25) is 0 Å². The molecule has 0 aliphatic heterocycles. The van der Waals surface area contributed by atoms with Crippen molar-refractivity contribution >= 4 is 35.6 Å². The molecule has 0 saturated heterocycles. The fourth-order valence-electron chi connectivity index (χ4n) is 2.56. The fourth-order valence-corrected chi connectivity index (χ4v) is 2.56. The van der Waals surface area contributed by atoms with Gasteiger partial charge in [0.25, 0.3) is 0 Å². The molecule has 0 saturated carbocycles. The minimum absolute atomic E-state index is 0.0513. The largest absolute Gasteiger partial charge is 0.481 e. The average Bonchev–Trinajstić information content (AvgIpc) is 2.70. The van der Waals surface area contributed by atoms with Gasteiger partial charge in [-0.1, -0.05) is 30.3 Å². The highest BCUT2D eigenvalue weighted by atomic mass is 16.4. The maximum absolute atomic E-state index is 12.7. The summed E-state index contributed by atoms with van der Waals surface area (Å²) in [5, 5.41) is 33.0. The highest BCUT2D eigenvalue weighted by Gasteiger charge is 2.30. The third-order valence-electron chi connectivity index (χ3n) is 4.07. The van der Waals surface area contributed by atoms with Crippen molar-refractivity contribution in [3.8, 4) is 0 Å².